The van der Waals surface area contributed by atoms with Gasteiger partial charge in [-0.25, -0.2) is 46.3 Å². The number of nitrogens with zero attached hydrogens (tertiary/aromatic N) is 3. The van der Waals surface area contributed by atoms with Crippen molar-refractivity contribution in [3.8, 4) is 5.75 Å². The molecule has 6 atom stereocenters. The van der Waals surface area contributed by atoms with Crippen LogP contribution in [0.25, 0.3) is 11.0 Å². The van der Waals surface area contributed by atoms with Gasteiger partial charge in [0.15, 0.2) is 15.6 Å². The number of nitrogens with one attached hydrogen (secondary N) is 12. The van der Waals surface area contributed by atoms with Crippen molar-refractivity contribution in [3.05, 3.63) is 421 Å². The van der Waals surface area contributed by atoms with Crippen LogP contribution in [0.4, 0.5) is 0 Å². The van der Waals surface area contributed by atoms with Crippen LogP contribution in [0.1, 0.15) is 282 Å². The van der Waals surface area contributed by atoms with Gasteiger partial charge in [0.25, 0.3) is 65.0 Å². The Morgan fingerprint density at radius 1 is 0.360 bits per heavy atom. The van der Waals surface area contributed by atoms with Gasteiger partial charge in [-0.3, -0.25) is 93.8 Å². The molecule has 3 heterocycles. The average Bonchev–Trinajstić information content (AvgIpc) is 1.22. The van der Waals surface area contributed by atoms with E-state index in [0.717, 1.165) is 50.6 Å². The normalized spacial score (nSPS) is 12.0. The molecule has 0 bridgehead atoms. The maximum atomic E-state index is 13.4. The summed E-state index contributed by atoms with van der Waals surface area (Å²) in [5.41, 5.74) is 20.4. The first-order chi connectivity index (χ1) is 71.5. The molecule has 0 aliphatic carbocycles. The van der Waals surface area contributed by atoms with Gasteiger partial charge < -0.3 is 45.6 Å². The first-order valence-electron chi connectivity index (χ1n) is 46.9. The lowest BCUT2D eigenvalue weighted by atomic mass is 9.82. The lowest BCUT2D eigenvalue weighted by Gasteiger charge is -2.32. The van der Waals surface area contributed by atoms with Crippen LogP contribution in [-0.2, 0) is 14.6 Å². The van der Waals surface area contributed by atoms with Crippen molar-refractivity contribution in [2.45, 2.75) is 130 Å². The number of amides is 12. The summed E-state index contributed by atoms with van der Waals surface area (Å²) in [6.45, 7) is 22.9. The van der Waals surface area contributed by atoms with Gasteiger partial charge in [0.2, 0.25) is 5.91 Å². The molecular formula is C111H119N15O23S. The molecule has 0 radical (unpaired) electrons. The number of fused-ring (bicyclic) bond motifs is 1. The minimum absolute atomic E-state index is 0.0643. The summed E-state index contributed by atoms with van der Waals surface area (Å²) >= 11 is 0. The number of rotatable bonds is 30. The van der Waals surface area contributed by atoms with Gasteiger partial charge in [0.05, 0.1) is 66.1 Å². The van der Waals surface area contributed by atoms with E-state index in [-0.39, 0.29) is 104 Å². The molecule has 3 aromatic heterocycles. The van der Waals surface area contributed by atoms with Crippen LogP contribution < -0.4 is 69.5 Å². The van der Waals surface area contributed by atoms with E-state index in [2.05, 4.69) is 47.0 Å². The zero-order valence-electron chi connectivity index (χ0n) is 84.4. The van der Waals surface area contributed by atoms with Crippen molar-refractivity contribution in [1.29, 1.82) is 0 Å². The number of benzene rings is 11. The zero-order chi connectivity index (χ0) is 110. The molecule has 0 fully saturated rings. The van der Waals surface area contributed by atoms with E-state index in [1.54, 1.807) is 244 Å². The Hall–Kier alpha value is -17.6. The molecule has 0 aliphatic heterocycles. The van der Waals surface area contributed by atoms with E-state index >= 15 is 0 Å². The second-order valence-corrected chi connectivity index (χ2v) is 37.9. The summed E-state index contributed by atoms with van der Waals surface area (Å²) in [6, 6.07) is 79.3. The van der Waals surface area contributed by atoms with Gasteiger partial charge in [-0.15, -0.1) is 0 Å². The molecule has 18 N–H and O–H groups in total. The maximum absolute atomic E-state index is 13.4. The number of para-hydroxylation sites is 1. The van der Waals surface area contributed by atoms with Crippen molar-refractivity contribution in [3.63, 3.8) is 0 Å². The summed E-state index contributed by atoms with van der Waals surface area (Å²) in [7, 11) is -1.84. The Labute approximate surface area is 865 Å². The lowest BCUT2D eigenvalue weighted by molar-refractivity contribution is -0.122. The number of sulfone groups is 1. The largest absolute Gasteiger partial charge is 0.497 e. The van der Waals surface area contributed by atoms with E-state index < -0.39 is 63.1 Å². The molecule has 0 saturated carbocycles. The number of aryl methyl sites for hydroxylation is 2. The number of hydrogen-bond donors (Lipinski definition) is 18. The van der Waals surface area contributed by atoms with Crippen LogP contribution in [0, 0.1) is 31.1 Å². The topological polar surface area (TPSA) is 579 Å². The fourth-order valence-electron chi connectivity index (χ4n) is 15.3. The monoisotopic (exact) mass is 2060 g/mol. The summed E-state index contributed by atoms with van der Waals surface area (Å²) < 4.78 is 38.8. The van der Waals surface area contributed by atoms with Gasteiger partial charge in [-0.1, -0.05) is 211 Å². The molecule has 14 aromatic rings. The van der Waals surface area contributed by atoms with Crippen molar-refractivity contribution in [2.75, 3.05) is 13.4 Å². The number of carbonyl (C=O) groups is 12. The third-order valence-corrected chi connectivity index (χ3v) is 24.4. The number of aromatic nitrogens is 3. The number of hydrogen-bond acceptors (Lipinski definition) is 26. The standard InChI is InChI=1S/C25H26N2O3.C18H23N3O4.C18H16N2O4.C17H18N2O5S.C17H18N2O4.C16H18N4O3/c1-17(2)23(20-13-15-21(16-14-20)24(28)27-30)26-25(29)22(18-9-5-3-6-10-18)19-11-7-4-8-12-19;1-10-14(11(2)25-21-10)17(23)19-15(18(3,4)5)12-6-8-13(9-7-12)16(22)20-24;1-11(12-6-4-7-14(9-12)17(21)20-23)19-18(22)16-10-13-5-2-3-8-15(13)24-16;1-11(12-5-3-6-13(9-12)17(21)19-22)18-16(20)14-7-4-8-15(10-14)25(2,23)24;1-11(13-4-3-5-14(10-13)17(21)19-22)18-16(20)12-6-8-15(23-2)9-7-12;1-10(2)14(19-16(22)13-9-17-7-8-18-13)11-3-5-12(6-4-11)15(21)20-23/h3-17,22-23,30H,1-2H3,(H,26,29)(H,27,28);6-9,15,24H,1-5H3,(H,19,23)(H,20,22);2-11,23H,1H3,(H,19,22)(H,20,21);3-11,22H,1-2H3,(H,18,20)(H,19,21);3-11,22H,1-2H3,(H,18,20)(H,19,21);3-10,14,23H,1-2H3,(H,19,22)(H,20,21)/t;;11-;;;/m..1.../s1. The minimum Gasteiger partial charge on any atom is -0.497 e. The fraction of sp³-hybridized carbons (Fsp3) is 0.216. The van der Waals surface area contributed by atoms with Crippen molar-refractivity contribution in [1.82, 2.24) is 79.9 Å². The van der Waals surface area contributed by atoms with Crippen LogP contribution in [0.15, 0.2) is 318 Å². The van der Waals surface area contributed by atoms with Crippen LogP contribution in [0.5, 0.6) is 5.75 Å². The highest BCUT2D eigenvalue weighted by Gasteiger charge is 2.33. The van der Waals surface area contributed by atoms with Crippen molar-refractivity contribution in [2.24, 2.45) is 17.3 Å². The molecule has 0 saturated heterocycles. The molecule has 14 rings (SSSR count). The molecular weight excluding hydrogens is 1940 g/mol. The van der Waals surface area contributed by atoms with E-state index in [9.17, 15) is 66.0 Å². The molecule has 0 aliphatic rings. The molecule has 38 nitrogen and oxygen atoms in total. The smallest absolute Gasteiger partial charge is 0.287 e. The van der Waals surface area contributed by atoms with Crippen LogP contribution in [0.3, 0.4) is 0 Å². The molecule has 12 amide bonds. The maximum Gasteiger partial charge on any atom is 0.287 e. The van der Waals surface area contributed by atoms with Crippen molar-refractivity contribution >= 4 is 91.7 Å². The van der Waals surface area contributed by atoms with Crippen LogP contribution in [0.2, 0.25) is 0 Å². The van der Waals surface area contributed by atoms with Crippen molar-refractivity contribution < 1.29 is 111 Å². The van der Waals surface area contributed by atoms with Gasteiger partial charge in [0, 0.05) is 68.5 Å². The Morgan fingerprint density at radius 3 is 1.12 bits per heavy atom. The van der Waals surface area contributed by atoms with Crippen LogP contribution in [-0.4, -0.2) is 139 Å². The van der Waals surface area contributed by atoms with Crippen LogP contribution >= 0.6 is 0 Å². The zero-order valence-corrected chi connectivity index (χ0v) is 85.3. The Morgan fingerprint density at radius 2 is 0.733 bits per heavy atom. The quantitative estimate of drug-likeness (QED) is 0.0147. The van der Waals surface area contributed by atoms with Gasteiger partial charge >= 0.3 is 0 Å². The molecule has 0 spiro atoms. The third-order valence-electron chi connectivity index (χ3n) is 23.3. The fourth-order valence-corrected chi connectivity index (χ4v) is 15.9. The number of methoxy groups -OCH3 is 1. The predicted molar refractivity (Wildman–Crippen MR) is 554 cm³/mol. The third kappa shape index (κ3) is 33.2. The summed E-state index contributed by atoms with van der Waals surface area (Å²) in [5, 5.41) is 74.5. The Kier molecular flexibility index (Phi) is 43.0. The van der Waals surface area contributed by atoms with E-state index in [0.29, 0.717) is 67.3 Å². The molecule has 39 heteroatoms. The molecule has 5 unspecified atom stereocenters. The first-order valence-corrected chi connectivity index (χ1v) is 48.8. The summed E-state index contributed by atoms with van der Waals surface area (Å²) in [4.78, 5) is 152. The molecule has 11 aromatic carbocycles. The Bertz CT molecular complexity index is 7010. The number of carbonyl (C=O) groups excluding carboxylic acids is 12. The first kappa shape index (κ1) is 116. The molecule has 782 valence electrons. The van der Waals surface area contributed by atoms with E-state index in [4.69, 9.17) is 44.9 Å². The lowest BCUT2D eigenvalue weighted by Crippen LogP contribution is -2.37. The second-order valence-electron chi connectivity index (χ2n) is 35.9. The number of furan rings is 1. The van der Waals surface area contributed by atoms with E-state index in [1.807, 2.05) is 134 Å². The predicted octanol–water partition coefficient (Wildman–Crippen LogP) is 16.1. The average molecular weight is 2060 g/mol. The SMILES string of the molecule is CC(C)C(NC(=O)C(c1ccccc1)c1ccccc1)c1ccc(C(=O)NO)cc1.CC(C)C(NC(=O)c1cnccn1)c1ccc(C(=O)NO)cc1.CC(NC(=O)c1cccc(S(C)(=O)=O)c1)c1cccc(C(=O)NO)c1.COc1ccc(C(=O)NC(C)c2cccc(C(=O)NO)c2)cc1.C[C@@H](NC(=O)c1cc2ccccc2o1)c1cccc(C(=O)NO)c1.Cc1noc(C)c1C(=O)NC(c1ccc(C(=O)NO)cc1)C(C)(C)C. The highest BCUT2D eigenvalue weighted by atomic mass is 32.2. The van der Waals surface area contributed by atoms with E-state index in [1.165, 1.54) is 48.9 Å². The Balaban J connectivity index is 0.000000200. The highest BCUT2D eigenvalue weighted by molar-refractivity contribution is 7.90. The minimum atomic E-state index is -3.41. The summed E-state index contributed by atoms with van der Waals surface area (Å²) in [5.74, 6) is -4.01. The second kappa shape index (κ2) is 55.6. The number of hydroxylamine groups is 6. The summed E-state index contributed by atoms with van der Waals surface area (Å²) in [6.07, 6.45) is 5.44. The highest BCUT2D eigenvalue weighted by Crippen LogP contribution is 2.36. The van der Waals surface area contributed by atoms with Gasteiger partial charge in [0.1, 0.15) is 28.4 Å². The van der Waals surface area contributed by atoms with Gasteiger partial charge in [-0.05, 0) is 224 Å². The number of ether oxygens (including phenoxy) is 1. The molecule has 150 heavy (non-hydrogen) atoms. The van der Waals surface area contributed by atoms with Gasteiger partial charge in [-0.2, -0.15) is 0 Å².